The van der Waals surface area contributed by atoms with E-state index in [1.165, 1.54) is 0 Å². The number of ether oxygens (including phenoxy) is 1. The van der Waals surface area contributed by atoms with Crippen molar-refractivity contribution in [3.8, 4) is 5.75 Å². The molecular formula is C16H12BrCl2N3O2. The Morgan fingerprint density at radius 1 is 1.25 bits per heavy atom. The van der Waals surface area contributed by atoms with Gasteiger partial charge in [-0.3, -0.25) is 5.32 Å². The van der Waals surface area contributed by atoms with E-state index in [0.29, 0.717) is 28.2 Å². The monoisotopic (exact) mass is 427 g/mol. The number of benzene rings is 1. The average Bonchev–Trinajstić information content (AvgIpc) is 3.26. The van der Waals surface area contributed by atoms with Crippen molar-refractivity contribution >= 4 is 51.0 Å². The summed E-state index contributed by atoms with van der Waals surface area (Å²) in [7, 11) is 0. The highest BCUT2D eigenvalue weighted by Crippen LogP contribution is 2.57. The lowest BCUT2D eigenvalue weighted by atomic mass is 10.1. The SMILES string of the molecule is O=C(Nc1ccc(Br)cn1)NC1C2COc3c(Cl)ccc(Cl)c3C21. The fraction of sp³-hybridized carbons (Fsp3) is 0.250. The number of carbonyl (C=O) groups is 1. The van der Waals surface area contributed by atoms with Crippen LogP contribution in [0.25, 0.3) is 0 Å². The minimum Gasteiger partial charge on any atom is -0.491 e. The van der Waals surface area contributed by atoms with Crippen LogP contribution in [0.1, 0.15) is 11.5 Å². The topological polar surface area (TPSA) is 63.2 Å². The van der Waals surface area contributed by atoms with E-state index in [4.69, 9.17) is 27.9 Å². The van der Waals surface area contributed by atoms with Gasteiger partial charge in [0, 0.05) is 39.1 Å². The minimum atomic E-state index is -0.302. The molecular weight excluding hydrogens is 417 g/mol. The van der Waals surface area contributed by atoms with Crippen LogP contribution < -0.4 is 15.4 Å². The number of nitrogens with zero attached hydrogens (tertiary/aromatic N) is 1. The number of urea groups is 1. The third-order valence-corrected chi connectivity index (χ3v) is 5.38. The molecule has 0 saturated heterocycles. The van der Waals surface area contributed by atoms with Crippen LogP contribution in [-0.4, -0.2) is 23.7 Å². The van der Waals surface area contributed by atoms with Crippen molar-refractivity contribution in [2.24, 2.45) is 5.92 Å². The predicted molar refractivity (Wildman–Crippen MR) is 96.1 cm³/mol. The number of hydrogen-bond donors (Lipinski definition) is 2. The van der Waals surface area contributed by atoms with Crippen molar-refractivity contribution in [2.45, 2.75) is 12.0 Å². The maximum absolute atomic E-state index is 12.2. The fourth-order valence-electron chi connectivity index (χ4n) is 3.11. The summed E-state index contributed by atoms with van der Waals surface area (Å²) in [6.07, 6.45) is 1.62. The van der Waals surface area contributed by atoms with Gasteiger partial charge in [0.15, 0.2) is 0 Å². The fourth-order valence-corrected chi connectivity index (χ4v) is 3.84. The highest BCUT2D eigenvalue weighted by molar-refractivity contribution is 9.10. The van der Waals surface area contributed by atoms with Crippen molar-refractivity contribution in [3.63, 3.8) is 0 Å². The van der Waals surface area contributed by atoms with E-state index in [0.717, 1.165) is 10.0 Å². The van der Waals surface area contributed by atoms with Gasteiger partial charge < -0.3 is 10.1 Å². The molecule has 3 atom stereocenters. The number of amides is 2. The van der Waals surface area contributed by atoms with Gasteiger partial charge in [-0.25, -0.2) is 9.78 Å². The number of hydrogen-bond acceptors (Lipinski definition) is 3. The summed E-state index contributed by atoms with van der Waals surface area (Å²) in [6, 6.07) is 6.68. The number of fused-ring (bicyclic) bond motifs is 3. The van der Waals surface area contributed by atoms with Crippen LogP contribution in [0.2, 0.25) is 10.0 Å². The first kappa shape index (κ1) is 16.0. The molecule has 0 radical (unpaired) electrons. The Hall–Kier alpha value is -1.50. The summed E-state index contributed by atoms with van der Waals surface area (Å²) < 4.78 is 6.58. The van der Waals surface area contributed by atoms with Crippen molar-refractivity contribution in [1.29, 1.82) is 0 Å². The number of carbonyl (C=O) groups excluding carboxylic acids is 1. The zero-order valence-corrected chi connectivity index (χ0v) is 15.3. The molecule has 2 amide bonds. The van der Waals surface area contributed by atoms with Gasteiger partial charge in [-0.05, 0) is 40.2 Å². The molecule has 3 unspecified atom stereocenters. The molecule has 5 nitrogen and oxygen atoms in total. The molecule has 1 saturated carbocycles. The van der Waals surface area contributed by atoms with E-state index in [1.807, 2.05) is 6.07 Å². The van der Waals surface area contributed by atoms with Gasteiger partial charge >= 0.3 is 6.03 Å². The van der Waals surface area contributed by atoms with Gasteiger partial charge in [0.2, 0.25) is 0 Å². The van der Waals surface area contributed by atoms with Gasteiger partial charge in [-0.1, -0.05) is 23.2 Å². The molecule has 8 heteroatoms. The van der Waals surface area contributed by atoms with Crippen molar-refractivity contribution in [2.75, 3.05) is 11.9 Å². The van der Waals surface area contributed by atoms with Crippen LogP contribution in [-0.2, 0) is 0 Å². The number of halogens is 3. The van der Waals surface area contributed by atoms with E-state index in [1.54, 1.807) is 24.4 Å². The van der Waals surface area contributed by atoms with E-state index >= 15 is 0 Å². The molecule has 2 aliphatic rings. The van der Waals surface area contributed by atoms with Crippen LogP contribution in [0.4, 0.5) is 10.6 Å². The number of nitrogens with one attached hydrogen (secondary N) is 2. The molecule has 2 aromatic rings. The molecule has 1 aromatic carbocycles. The van der Waals surface area contributed by atoms with Crippen molar-refractivity contribution in [1.82, 2.24) is 10.3 Å². The predicted octanol–water partition coefficient (Wildman–Crippen LogP) is 4.45. The number of pyridine rings is 1. The molecule has 1 aliphatic heterocycles. The second-order valence-corrected chi connectivity index (χ2v) is 7.49. The van der Waals surface area contributed by atoms with Crippen molar-refractivity contribution in [3.05, 3.63) is 50.5 Å². The summed E-state index contributed by atoms with van der Waals surface area (Å²) in [4.78, 5) is 16.3. The van der Waals surface area contributed by atoms with Gasteiger partial charge in [0.25, 0.3) is 0 Å². The first-order valence-electron chi connectivity index (χ1n) is 7.34. The Kier molecular flexibility index (Phi) is 4.06. The summed E-state index contributed by atoms with van der Waals surface area (Å²) in [5, 5.41) is 6.84. The smallest absolute Gasteiger partial charge is 0.320 e. The van der Waals surface area contributed by atoms with Gasteiger partial charge in [-0.15, -0.1) is 0 Å². The highest BCUT2D eigenvalue weighted by Gasteiger charge is 2.56. The Bertz CT molecular complexity index is 816. The van der Waals surface area contributed by atoms with Crippen LogP contribution in [0, 0.1) is 5.92 Å². The molecule has 0 bridgehead atoms. The Balaban J connectivity index is 1.47. The van der Waals surface area contributed by atoms with E-state index in [-0.39, 0.29) is 23.9 Å². The van der Waals surface area contributed by atoms with E-state index in [9.17, 15) is 4.79 Å². The second kappa shape index (κ2) is 6.10. The van der Waals surface area contributed by atoms with Crippen LogP contribution in [0.3, 0.4) is 0 Å². The summed E-state index contributed by atoms with van der Waals surface area (Å²) in [6.45, 7) is 0.513. The molecule has 2 heterocycles. The number of anilines is 1. The molecule has 1 aliphatic carbocycles. The molecule has 1 fully saturated rings. The van der Waals surface area contributed by atoms with Crippen LogP contribution in [0.15, 0.2) is 34.9 Å². The third kappa shape index (κ3) is 2.83. The summed E-state index contributed by atoms with van der Waals surface area (Å²) in [5.41, 5.74) is 0.882. The quantitative estimate of drug-likeness (QED) is 0.742. The highest BCUT2D eigenvalue weighted by atomic mass is 79.9. The second-order valence-electron chi connectivity index (χ2n) is 5.76. The summed E-state index contributed by atoms with van der Waals surface area (Å²) >= 11 is 15.8. The number of aromatic nitrogens is 1. The Morgan fingerprint density at radius 3 is 2.79 bits per heavy atom. The van der Waals surface area contributed by atoms with Gasteiger partial charge in [0.1, 0.15) is 11.6 Å². The van der Waals surface area contributed by atoms with E-state index < -0.39 is 0 Å². The molecule has 1 aromatic heterocycles. The molecule has 24 heavy (non-hydrogen) atoms. The Morgan fingerprint density at radius 2 is 2.04 bits per heavy atom. The standard InChI is InChI=1S/C16H12BrCl2N3O2/c17-7-1-4-11(20-5-7)21-16(23)22-14-8-6-24-15-10(19)3-2-9(18)13(15)12(8)14/h1-5,8,12,14H,6H2,(H2,20,21,22,23). The maximum atomic E-state index is 12.2. The largest absolute Gasteiger partial charge is 0.491 e. The maximum Gasteiger partial charge on any atom is 0.320 e. The van der Waals surface area contributed by atoms with Crippen LogP contribution >= 0.6 is 39.1 Å². The van der Waals surface area contributed by atoms with E-state index in [2.05, 4.69) is 31.5 Å². The molecule has 2 N–H and O–H groups in total. The molecule has 0 spiro atoms. The van der Waals surface area contributed by atoms with Gasteiger partial charge in [0.05, 0.1) is 11.6 Å². The number of rotatable bonds is 2. The van der Waals surface area contributed by atoms with Crippen molar-refractivity contribution < 1.29 is 9.53 Å². The zero-order valence-electron chi connectivity index (χ0n) is 12.2. The third-order valence-electron chi connectivity index (χ3n) is 4.28. The lowest BCUT2D eigenvalue weighted by molar-refractivity contribution is 0.249. The first-order valence-corrected chi connectivity index (χ1v) is 8.89. The normalized spacial score (nSPS) is 23.5. The Labute approximate surface area is 156 Å². The minimum absolute atomic E-state index is 0.0299. The van der Waals surface area contributed by atoms with Gasteiger partial charge in [-0.2, -0.15) is 0 Å². The lowest BCUT2D eigenvalue weighted by Crippen LogP contribution is -2.32. The first-order chi connectivity index (χ1) is 11.5. The molecule has 4 rings (SSSR count). The van der Waals surface area contributed by atoms with Crippen LogP contribution in [0.5, 0.6) is 5.75 Å². The lowest BCUT2D eigenvalue weighted by Gasteiger charge is -2.18. The molecule has 124 valence electrons. The zero-order chi connectivity index (χ0) is 16.8. The summed E-state index contributed by atoms with van der Waals surface area (Å²) in [5.74, 6) is 1.45. The average molecular weight is 429 g/mol.